The summed E-state index contributed by atoms with van der Waals surface area (Å²) in [5, 5.41) is 8.58. The van der Waals surface area contributed by atoms with Crippen LogP contribution in [0.25, 0.3) is 0 Å². The molecular weight excluding hydrogens is 157 g/mol. The lowest BCUT2D eigenvalue weighted by atomic mass is 10.1. The second-order valence-electron chi connectivity index (χ2n) is 2.39. The van der Waals surface area contributed by atoms with Crippen LogP contribution < -0.4 is 4.74 Å². The Labute approximate surface area is 70.2 Å². The molecule has 0 radical (unpaired) electrons. The van der Waals surface area contributed by atoms with Crippen molar-refractivity contribution in [2.24, 2.45) is 0 Å². The molecule has 1 aromatic rings. The van der Waals surface area contributed by atoms with E-state index < -0.39 is 5.82 Å². The zero-order valence-corrected chi connectivity index (χ0v) is 6.89. The van der Waals surface area contributed by atoms with Gasteiger partial charge in [-0.2, -0.15) is 5.26 Å². The molecule has 2 nitrogen and oxygen atoms in total. The van der Waals surface area contributed by atoms with E-state index in [1.165, 1.54) is 7.11 Å². The number of hydrogen-bond donors (Lipinski definition) is 0. The van der Waals surface area contributed by atoms with Gasteiger partial charge in [-0.25, -0.2) is 4.39 Å². The molecule has 0 spiro atoms. The van der Waals surface area contributed by atoms with Gasteiger partial charge in [-0.1, -0.05) is 6.07 Å². The van der Waals surface area contributed by atoms with Crippen molar-refractivity contribution >= 4 is 0 Å². The largest absolute Gasteiger partial charge is 0.495 e. The Morgan fingerprint density at radius 3 is 2.67 bits per heavy atom. The molecule has 0 amide bonds. The maximum absolute atomic E-state index is 13.1. The van der Waals surface area contributed by atoms with E-state index >= 15 is 0 Å². The van der Waals surface area contributed by atoms with Crippen molar-refractivity contribution in [2.75, 3.05) is 7.11 Å². The Balaban J connectivity index is 3.38. The molecule has 62 valence electrons. The number of hydrogen-bond acceptors (Lipinski definition) is 2. The molecule has 0 saturated heterocycles. The lowest BCUT2D eigenvalue weighted by Crippen LogP contribution is -1.93. The minimum absolute atomic E-state index is 0.0301. The second kappa shape index (κ2) is 3.22. The number of rotatable bonds is 1. The van der Waals surface area contributed by atoms with Crippen molar-refractivity contribution in [3.05, 3.63) is 29.1 Å². The van der Waals surface area contributed by atoms with Crippen LogP contribution in [-0.4, -0.2) is 7.11 Å². The summed E-state index contributed by atoms with van der Waals surface area (Å²) >= 11 is 0. The minimum Gasteiger partial charge on any atom is -0.495 e. The fraction of sp³-hybridized carbons (Fsp3) is 0.222. The van der Waals surface area contributed by atoms with Gasteiger partial charge in [0.25, 0.3) is 0 Å². The number of ether oxygens (including phenoxy) is 1. The average molecular weight is 165 g/mol. The Bertz CT molecular complexity index is 341. The maximum atomic E-state index is 13.1. The van der Waals surface area contributed by atoms with Gasteiger partial charge in [0.15, 0.2) is 0 Å². The van der Waals surface area contributed by atoms with Gasteiger partial charge in [-0.15, -0.1) is 0 Å². The van der Waals surface area contributed by atoms with Crippen LogP contribution in [0.2, 0.25) is 0 Å². The number of methoxy groups -OCH3 is 1. The first-order valence-corrected chi connectivity index (χ1v) is 3.44. The van der Waals surface area contributed by atoms with E-state index in [9.17, 15) is 4.39 Å². The Morgan fingerprint density at radius 2 is 2.17 bits per heavy atom. The van der Waals surface area contributed by atoms with Crippen molar-refractivity contribution in [2.45, 2.75) is 6.92 Å². The molecule has 0 saturated carbocycles. The SMILES string of the molecule is COc1ccc(C)c(F)c1C#N. The van der Waals surface area contributed by atoms with Crippen molar-refractivity contribution in [1.29, 1.82) is 5.26 Å². The zero-order valence-electron chi connectivity index (χ0n) is 6.89. The van der Waals surface area contributed by atoms with Crippen LogP contribution in [0.5, 0.6) is 5.75 Å². The van der Waals surface area contributed by atoms with E-state index in [2.05, 4.69) is 0 Å². The maximum Gasteiger partial charge on any atom is 0.147 e. The average Bonchev–Trinajstić information content (AvgIpc) is 2.09. The van der Waals surface area contributed by atoms with Crippen LogP contribution in [0.1, 0.15) is 11.1 Å². The highest BCUT2D eigenvalue weighted by molar-refractivity contribution is 5.46. The van der Waals surface area contributed by atoms with Gasteiger partial charge in [0.2, 0.25) is 0 Å². The van der Waals surface area contributed by atoms with Crippen LogP contribution >= 0.6 is 0 Å². The van der Waals surface area contributed by atoms with Crippen molar-refractivity contribution < 1.29 is 9.13 Å². The molecule has 1 rings (SSSR count). The molecule has 0 N–H and O–H groups in total. The van der Waals surface area contributed by atoms with E-state index in [0.29, 0.717) is 5.56 Å². The fourth-order valence-corrected chi connectivity index (χ4v) is 0.937. The van der Waals surface area contributed by atoms with Gasteiger partial charge in [0, 0.05) is 0 Å². The molecule has 3 heteroatoms. The fourth-order valence-electron chi connectivity index (χ4n) is 0.937. The first kappa shape index (κ1) is 8.54. The minimum atomic E-state index is -0.503. The van der Waals surface area contributed by atoms with Gasteiger partial charge >= 0.3 is 0 Å². The third-order valence-electron chi connectivity index (χ3n) is 1.63. The summed E-state index contributed by atoms with van der Waals surface area (Å²) in [6.45, 7) is 1.61. The highest BCUT2D eigenvalue weighted by Crippen LogP contribution is 2.22. The molecule has 0 bridgehead atoms. The first-order chi connectivity index (χ1) is 5.70. The topological polar surface area (TPSA) is 33.0 Å². The number of benzene rings is 1. The predicted octanol–water partition coefficient (Wildman–Crippen LogP) is 2.01. The molecule has 1 aromatic carbocycles. The molecule has 0 unspecified atom stereocenters. The van der Waals surface area contributed by atoms with Crippen molar-refractivity contribution in [3.63, 3.8) is 0 Å². The summed E-state index contributed by atoms with van der Waals surface area (Å²) in [7, 11) is 1.41. The Hall–Kier alpha value is -1.56. The highest BCUT2D eigenvalue weighted by Gasteiger charge is 2.10. The molecular formula is C9H8FNO. The molecule has 12 heavy (non-hydrogen) atoms. The first-order valence-electron chi connectivity index (χ1n) is 3.44. The van der Waals surface area contributed by atoms with Crippen LogP contribution in [-0.2, 0) is 0 Å². The van der Waals surface area contributed by atoms with Gasteiger partial charge in [0.05, 0.1) is 7.11 Å². The Kier molecular flexibility index (Phi) is 2.29. The van der Waals surface area contributed by atoms with Crippen LogP contribution in [0, 0.1) is 24.1 Å². The molecule has 0 aliphatic heterocycles. The summed E-state index contributed by atoms with van der Waals surface area (Å²) in [5.74, 6) is -0.225. The smallest absolute Gasteiger partial charge is 0.147 e. The van der Waals surface area contributed by atoms with Crippen LogP contribution in [0.4, 0.5) is 4.39 Å². The van der Waals surface area contributed by atoms with E-state index in [1.807, 2.05) is 0 Å². The number of nitriles is 1. The van der Waals surface area contributed by atoms with Gasteiger partial charge in [0.1, 0.15) is 23.2 Å². The van der Waals surface area contributed by atoms with E-state index in [1.54, 1.807) is 25.1 Å². The summed E-state index contributed by atoms with van der Waals surface area (Å²) < 4.78 is 18.0. The molecule has 0 atom stereocenters. The quantitative estimate of drug-likeness (QED) is 0.637. The lowest BCUT2D eigenvalue weighted by molar-refractivity contribution is 0.409. The predicted molar refractivity (Wildman–Crippen MR) is 42.4 cm³/mol. The summed E-state index contributed by atoms with van der Waals surface area (Å²) in [4.78, 5) is 0. The van der Waals surface area contributed by atoms with Crippen LogP contribution in [0.3, 0.4) is 0 Å². The van der Waals surface area contributed by atoms with E-state index in [-0.39, 0.29) is 11.3 Å². The summed E-state index contributed by atoms with van der Waals surface area (Å²) in [5.41, 5.74) is 0.421. The second-order valence-corrected chi connectivity index (χ2v) is 2.39. The number of aryl methyl sites for hydroxylation is 1. The number of nitrogens with zero attached hydrogens (tertiary/aromatic N) is 1. The normalized spacial score (nSPS) is 9.17. The standard InChI is InChI=1S/C9H8FNO/c1-6-3-4-8(12-2)7(5-11)9(6)10/h3-4H,1-2H3. The van der Waals surface area contributed by atoms with Gasteiger partial charge in [-0.05, 0) is 18.6 Å². The van der Waals surface area contributed by atoms with Crippen molar-refractivity contribution in [3.8, 4) is 11.8 Å². The zero-order chi connectivity index (χ0) is 9.14. The van der Waals surface area contributed by atoms with Gasteiger partial charge < -0.3 is 4.74 Å². The molecule has 0 fully saturated rings. The molecule has 0 aliphatic carbocycles. The molecule has 0 aromatic heterocycles. The van der Waals surface area contributed by atoms with E-state index in [4.69, 9.17) is 10.00 Å². The Morgan fingerprint density at radius 1 is 1.50 bits per heavy atom. The summed E-state index contributed by atoms with van der Waals surface area (Å²) in [6.07, 6.45) is 0. The third-order valence-corrected chi connectivity index (χ3v) is 1.63. The summed E-state index contributed by atoms with van der Waals surface area (Å²) in [6, 6.07) is 4.91. The monoisotopic (exact) mass is 165 g/mol. The molecule has 0 heterocycles. The van der Waals surface area contributed by atoms with Crippen LogP contribution in [0.15, 0.2) is 12.1 Å². The highest BCUT2D eigenvalue weighted by atomic mass is 19.1. The van der Waals surface area contributed by atoms with Gasteiger partial charge in [-0.3, -0.25) is 0 Å². The number of halogens is 1. The van der Waals surface area contributed by atoms with Crippen molar-refractivity contribution in [1.82, 2.24) is 0 Å². The molecule has 0 aliphatic rings. The third kappa shape index (κ3) is 1.24. The lowest BCUT2D eigenvalue weighted by Gasteiger charge is -2.04. The van der Waals surface area contributed by atoms with E-state index in [0.717, 1.165) is 0 Å².